The van der Waals surface area contributed by atoms with E-state index in [0.29, 0.717) is 4.99 Å². The van der Waals surface area contributed by atoms with Crippen LogP contribution in [0.4, 0.5) is 5.69 Å². The fraction of sp³-hybridized carbons (Fsp3) is 0.533. The van der Waals surface area contributed by atoms with Gasteiger partial charge in [-0.15, -0.1) is 0 Å². The first-order chi connectivity index (χ1) is 9.10. The van der Waals surface area contributed by atoms with Gasteiger partial charge in [0.25, 0.3) is 0 Å². The second-order valence-corrected chi connectivity index (χ2v) is 5.16. The van der Waals surface area contributed by atoms with Crippen molar-refractivity contribution >= 4 is 22.9 Å². The molecule has 0 aliphatic carbocycles. The van der Waals surface area contributed by atoms with Gasteiger partial charge in [0.2, 0.25) is 0 Å². The minimum absolute atomic E-state index is 0.451. The van der Waals surface area contributed by atoms with E-state index in [1.807, 2.05) is 12.1 Å². The van der Waals surface area contributed by atoms with Gasteiger partial charge in [-0.2, -0.15) is 0 Å². The first kappa shape index (κ1) is 15.9. The van der Waals surface area contributed by atoms with Crippen molar-refractivity contribution in [1.82, 2.24) is 4.90 Å². The van der Waals surface area contributed by atoms with Gasteiger partial charge in [-0.3, -0.25) is 0 Å². The maximum Gasteiger partial charge on any atom is 0.106 e. The lowest BCUT2D eigenvalue weighted by Crippen LogP contribution is -2.30. The average molecular weight is 279 g/mol. The zero-order valence-corrected chi connectivity index (χ0v) is 13.0. The van der Waals surface area contributed by atoms with Crippen molar-refractivity contribution in [3.8, 4) is 0 Å². The molecule has 19 heavy (non-hydrogen) atoms. The number of likely N-dealkylation sites (N-methyl/N-ethyl adjacent to an activating group) is 1. The van der Waals surface area contributed by atoms with E-state index in [9.17, 15) is 0 Å². The molecule has 0 fully saturated rings. The van der Waals surface area contributed by atoms with Gasteiger partial charge in [0.1, 0.15) is 4.99 Å². The number of hydrogen-bond acceptors (Lipinski definition) is 3. The minimum atomic E-state index is 0.451. The third-order valence-electron chi connectivity index (χ3n) is 3.26. The maximum absolute atomic E-state index is 5.77. The molecule has 0 aliphatic heterocycles. The smallest absolute Gasteiger partial charge is 0.106 e. The monoisotopic (exact) mass is 279 g/mol. The van der Waals surface area contributed by atoms with Crippen LogP contribution in [0.5, 0.6) is 0 Å². The third kappa shape index (κ3) is 4.80. The Morgan fingerprint density at radius 2 is 2.05 bits per heavy atom. The molecular formula is C15H25N3S. The van der Waals surface area contributed by atoms with Crippen molar-refractivity contribution in [3.63, 3.8) is 0 Å². The highest BCUT2D eigenvalue weighted by molar-refractivity contribution is 7.80. The highest BCUT2D eigenvalue weighted by Gasteiger charge is 2.08. The minimum Gasteiger partial charge on any atom is -0.389 e. The number of para-hydroxylation sites is 1. The Hall–Kier alpha value is -1.13. The van der Waals surface area contributed by atoms with Crippen molar-refractivity contribution in [1.29, 1.82) is 0 Å². The first-order valence-corrected chi connectivity index (χ1v) is 7.36. The number of hydrogen-bond donors (Lipinski definition) is 2. The van der Waals surface area contributed by atoms with Gasteiger partial charge in [-0.05, 0) is 38.1 Å². The topological polar surface area (TPSA) is 41.3 Å². The number of anilines is 1. The highest BCUT2D eigenvalue weighted by Crippen LogP contribution is 2.20. The van der Waals surface area contributed by atoms with Crippen molar-refractivity contribution in [2.24, 2.45) is 5.73 Å². The molecule has 0 spiro atoms. The van der Waals surface area contributed by atoms with Crippen LogP contribution in [-0.4, -0.2) is 36.1 Å². The van der Waals surface area contributed by atoms with Crippen LogP contribution in [0.3, 0.4) is 0 Å². The Kier molecular flexibility index (Phi) is 6.81. The molecule has 3 N–H and O–H groups in total. The van der Waals surface area contributed by atoms with Crippen molar-refractivity contribution in [3.05, 3.63) is 29.3 Å². The summed E-state index contributed by atoms with van der Waals surface area (Å²) in [5.74, 6) is 0. The second-order valence-electron chi connectivity index (χ2n) is 4.72. The molecule has 0 radical (unpaired) electrons. The van der Waals surface area contributed by atoms with Gasteiger partial charge in [0.05, 0.1) is 0 Å². The molecule has 0 saturated heterocycles. The van der Waals surface area contributed by atoms with Crippen LogP contribution in [0.25, 0.3) is 0 Å². The summed E-state index contributed by atoms with van der Waals surface area (Å²) < 4.78 is 0. The zero-order valence-electron chi connectivity index (χ0n) is 12.2. The lowest BCUT2D eigenvalue weighted by molar-refractivity contribution is 0.300. The normalized spacial score (nSPS) is 10.7. The number of nitrogens with zero attached hydrogens (tertiary/aromatic N) is 1. The van der Waals surface area contributed by atoms with E-state index < -0.39 is 0 Å². The van der Waals surface area contributed by atoms with Crippen LogP contribution < -0.4 is 11.1 Å². The number of nitrogens with one attached hydrogen (secondary N) is 1. The fourth-order valence-electron chi connectivity index (χ4n) is 2.19. The summed E-state index contributed by atoms with van der Waals surface area (Å²) in [4.78, 5) is 2.89. The standard InChI is InChI=1S/C15H25N3S/c1-4-10-18(5-2)11-9-17-14-12(3)7-6-8-13(14)15(16)19/h6-8,17H,4-5,9-11H2,1-3H3,(H2,16,19). The summed E-state index contributed by atoms with van der Waals surface area (Å²) in [6.45, 7) is 10.7. The first-order valence-electron chi connectivity index (χ1n) is 6.95. The largest absolute Gasteiger partial charge is 0.389 e. The molecule has 1 aromatic rings. The van der Waals surface area contributed by atoms with E-state index >= 15 is 0 Å². The molecule has 4 heteroatoms. The summed E-state index contributed by atoms with van der Waals surface area (Å²) in [5, 5.41) is 3.48. The Morgan fingerprint density at radius 3 is 2.63 bits per heavy atom. The zero-order chi connectivity index (χ0) is 14.3. The Morgan fingerprint density at radius 1 is 1.32 bits per heavy atom. The number of rotatable bonds is 8. The number of thiocarbonyl (C=S) groups is 1. The van der Waals surface area contributed by atoms with E-state index in [1.165, 1.54) is 12.0 Å². The van der Waals surface area contributed by atoms with Crippen molar-refractivity contribution < 1.29 is 0 Å². The molecule has 1 rings (SSSR count). The predicted molar refractivity (Wildman–Crippen MR) is 88.0 cm³/mol. The van der Waals surface area contributed by atoms with Gasteiger partial charge < -0.3 is 16.0 Å². The maximum atomic E-state index is 5.77. The quantitative estimate of drug-likeness (QED) is 0.718. The average Bonchev–Trinajstić information content (AvgIpc) is 2.39. The van der Waals surface area contributed by atoms with Gasteiger partial charge in [0, 0.05) is 24.3 Å². The summed E-state index contributed by atoms with van der Waals surface area (Å²) in [7, 11) is 0. The lowest BCUT2D eigenvalue weighted by Gasteiger charge is -2.21. The molecule has 0 aromatic heterocycles. The Labute approximate surface area is 122 Å². The number of aryl methyl sites for hydroxylation is 1. The molecule has 0 saturated carbocycles. The van der Waals surface area contributed by atoms with Crippen LogP contribution in [-0.2, 0) is 0 Å². The third-order valence-corrected chi connectivity index (χ3v) is 3.48. The van der Waals surface area contributed by atoms with Crippen molar-refractivity contribution in [2.75, 3.05) is 31.5 Å². The van der Waals surface area contributed by atoms with E-state index in [4.69, 9.17) is 18.0 Å². The number of nitrogens with two attached hydrogens (primary N) is 1. The molecule has 0 aliphatic rings. The molecule has 0 heterocycles. The van der Waals surface area contributed by atoms with Crippen LogP contribution in [0.15, 0.2) is 18.2 Å². The highest BCUT2D eigenvalue weighted by atomic mass is 32.1. The van der Waals surface area contributed by atoms with E-state index in [0.717, 1.165) is 37.4 Å². The van der Waals surface area contributed by atoms with Gasteiger partial charge >= 0.3 is 0 Å². The molecule has 106 valence electrons. The summed E-state index contributed by atoms with van der Waals surface area (Å²) in [6.07, 6.45) is 1.19. The summed E-state index contributed by atoms with van der Waals surface area (Å²) in [6, 6.07) is 6.04. The van der Waals surface area contributed by atoms with Crippen LogP contribution in [0, 0.1) is 6.92 Å². The van der Waals surface area contributed by atoms with E-state index in [-0.39, 0.29) is 0 Å². The second kappa shape index (κ2) is 8.12. The van der Waals surface area contributed by atoms with Crippen LogP contribution >= 0.6 is 12.2 Å². The van der Waals surface area contributed by atoms with Gasteiger partial charge in [0.15, 0.2) is 0 Å². The Bertz CT molecular complexity index is 418. The van der Waals surface area contributed by atoms with Crippen LogP contribution in [0.1, 0.15) is 31.4 Å². The summed E-state index contributed by atoms with van der Waals surface area (Å²) in [5.41, 5.74) is 8.96. The predicted octanol–water partition coefficient (Wildman–Crippen LogP) is 2.77. The molecular weight excluding hydrogens is 254 g/mol. The molecule has 1 aromatic carbocycles. The van der Waals surface area contributed by atoms with E-state index in [1.54, 1.807) is 0 Å². The lowest BCUT2D eigenvalue weighted by atomic mass is 10.1. The number of benzene rings is 1. The fourth-order valence-corrected chi connectivity index (χ4v) is 2.36. The SMILES string of the molecule is CCCN(CC)CCNc1c(C)cccc1C(N)=S. The molecule has 0 unspecified atom stereocenters. The molecule has 0 bridgehead atoms. The van der Waals surface area contributed by atoms with Crippen LogP contribution in [0.2, 0.25) is 0 Å². The van der Waals surface area contributed by atoms with Crippen molar-refractivity contribution in [2.45, 2.75) is 27.2 Å². The molecule has 3 nitrogen and oxygen atoms in total. The van der Waals surface area contributed by atoms with Gasteiger partial charge in [-0.1, -0.05) is 38.2 Å². The Balaban J connectivity index is 2.64. The van der Waals surface area contributed by atoms with E-state index in [2.05, 4.69) is 37.1 Å². The van der Waals surface area contributed by atoms with Gasteiger partial charge in [-0.25, -0.2) is 0 Å². The molecule has 0 amide bonds. The molecule has 0 atom stereocenters. The summed E-state index contributed by atoms with van der Waals surface area (Å²) >= 11 is 5.10.